The molecule has 0 aliphatic carbocycles. The van der Waals surface area contributed by atoms with Gasteiger partial charge in [-0.1, -0.05) is 45.7 Å². The molecule has 1 unspecified atom stereocenters. The van der Waals surface area contributed by atoms with Gasteiger partial charge in [0, 0.05) is 21.1 Å². The summed E-state index contributed by atoms with van der Waals surface area (Å²) in [6, 6.07) is 16.3. The molecule has 106 valence electrons. The molecule has 4 heteroatoms. The highest BCUT2D eigenvalue weighted by molar-refractivity contribution is 9.10. The molecule has 1 aromatic heterocycles. The van der Waals surface area contributed by atoms with Gasteiger partial charge in [-0.05, 0) is 48.5 Å². The summed E-state index contributed by atoms with van der Waals surface area (Å²) in [5.41, 5.74) is 3.23. The maximum absolute atomic E-state index is 6.39. The lowest BCUT2D eigenvalue weighted by Crippen LogP contribution is -2.18. The number of pyridine rings is 1. The molecule has 3 rings (SSSR count). The highest BCUT2D eigenvalue weighted by atomic mass is 79.9. The summed E-state index contributed by atoms with van der Waals surface area (Å²) >= 11 is 9.83. The molecule has 0 saturated heterocycles. The first-order valence-electron chi connectivity index (χ1n) is 6.66. The van der Waals surface area contributed by atoms with Crippen molar-refractivity contribution >= 4 is 38.4 Å². The fourth-order valence-corrected chi connectivity index (χ4v) is 3.29. The van der Waals surface area contributed by atoms with Gasteiger partial charge in [-0.3, -0.25) is 4.98 Å². The van der Waals surface area contributed by atoms with E-state index in [9.17, 15) is 0 Å². The van der Waals surface area contributed by atoms with Crippen molar-refractivity contribution in [3.05, 3.63) is 75.4 Å². The van der Waals surface area contributed by atoms with Gasteiger partial charge in [0.1, 0.15) is 0 Å². The normalized spacial score (nSPS) is 12.5. The molecule has 1 N–H and O–H groups in total. The number of aromatic nitrogens is 1. The molecule has 0 radical (unpaired) electrons. The van der Waals surface area contributed by atoms with Crippen LogP contribution < -0.4 is 5.32 Å². The minimum Gasteiger partial charge on any atom is -0.309 e. The quantitative estimate of drug-likeness (QED) is 0.713. The largest absolute Gasteiger partial charge is 0.309 e. The predicted molar refractivity (Wildman–Crippen MR) is 91.8 cm³/mol. The fraction of sp³-hybridized carbons (Fsp3) is 0.118. The molecule has 0 aliphatic heterocycles. The van der Waals surface area contributed by atoms with Crippen LogP contribution in [0.25, 0.3) is 10.9 Å². The van der Waals surface area contributed by atoms with Crippen molar-refractivity contribution in [3.63, 3.8) is 0 Å². The van der Waals surface area contributed by atoms with E-state index in [0.29, 0.717) is 0 Å². The molecular formula is C17H14BrClN2. The fourth-order valence-electron chi connectivity index (χ4n) is 2.51. The van der Waals surface area contributed by atoms with Crippen LogP contribution in [0, 0.1) is 0 Å². The van der Waals surface area contributed by atoms with E-state index in [1.165, 1.54) is 5.56 Å². The molecule has 0 bridgehead atoms. The SMILES string of the molecule is CNC(c1ccc2ncccc2c1)c1ccc(Br)cc1Cl. The number of halogens is 2. The zero-order valence-electron chi connectivity index (χ0n) is 11.5. The number of rotatable bonds is 3. The molecule has 0 spiro atoms. The van der Waals surface area contributed by atoms with E-state index in [1.807, 2.05) is 43.6 Å². The molecule has 2 aromatic carbocycles. The van der Waals surface area contributed by atoms with Gasteiger partial charge in [0.15, 0.2) is 0 Å². The van der Waals surface area contributed by atoms with Crippen molar-refractivity contribution in [2.24, 2.45) is 0 Å². The van der Waals surface area contributed by atoms with Gasteiger partial charge in [0.25, 0.3) is 0 Å². The summed E-state index contributed by atoms with van der Waals surface area (Å²) < 4.78 is 0.980. The van der Waals surface area contributed by atoms with Crippen LogP contribution in [-0.2, 0) is 0 Å². The average molecular weight is 362 g/mol. The van der Waals surface area contributed by atoms with Gasteiger partial charge in [0.05, 0.1) is 11.6 Å². The number of nitrogens with zero attached hydrogens (tertiary/aromatic N) is 1. The van der Waals surface area contributed by atoms with Crippen LogP contribution in [0.5, 0.6) is 0 Å². The van der Waals surface area contributed by atoms with Crippen molar-refractivity contribution in [3.8, 4) is 0 Å². The lowest BCUT2D eigenvalue weighted by Gasteiger charge is -2.19. The van der Waals surface area contributed by atoms with Gasteiger partial charge < -0.3 is 5.32 Å². The van der Waals surface area contributed by atoms with Crippen molar-refractivity contribution < 1.29 is 0 Å². The van der Waals surface area contributed by atoms with Crippen molar-refractivity contribution in [2.75, 3.05) is 7.05 Å². The Bertz CT molecular complexity index is 789. The topological polar surface area (TPSA) is 24.9 Å². The Labute approximate surface area is 137 Å². The van der Waals surface area contributed by atoms with Gasteiger partial charge in [-0.2, -0.15) is 0 Å². The summed E-state index contributed by atoms with van der Waals surface area (Å²) in [6.45, 7) is 0. The lowest BCUT2D eigenvalue weighted by molar-refractivity contribution is 0.693. The monoisotopic (exact) mass is 360 g/mol. The van der Waals surface area contributed by atoms with E-state index in [-0.39, 0.29) is 6.04 Å². The van der Waals surface area contributed by atoms with Crippen LogP contribution in [0.4, 0.5) is 0 Å². The minimum atomic E-state index is 0.0511. The van der Waals surface area contributed by atoms with Gasteiger partial charge in [0.2, 0.25) is 0 Å². The van der Waals surface area contributed by atoms with Crippen LogP contribution >= 0.6 is 27.5 Å². The molecule has 0 saturated carbocycles. The maximum atomic E-state index is 6.39. The standard InChI is InChI=1S/C17H14BrClN2/c1-20-17(14-6-5-13(18)10-15(14)19)12-4-7-16-11(9-12)3-2-8-21-16/h2-10,17,20H,1H3. The second-order valence-electron chi connectivity index (χ2n) is 4.84. The third-order valence-corrected chi connectivity index (χ3v) is 4.34. The van der Waals surface area contributed by atoms with E-state index in [4.69, 9.17) is 11.6 Å². The van der Waals surface area contributed by atoms with E-state index in [0.717, 1.165) is 26.0 Å². The van der Waals surface area contributed by atoms with Crippen LogP contribution in [-0.4, -0.2) is 12.0 Å². The summed E-state index contributed by atoms with van der Waals surface area (Å²) in [5, 5.41) is 5.21. The Morgan fingerprint density at radius 2 is 2.00 bits per heavy atom. The highest BCUT2D eigenvalue weighted by Crippen LogP contribution is 2.31. The molecule has 1 heterocycles. The minimum absolute atomic E-state index is 0.0511. The molecule has 1 atom stereocenters. The zero-order chi connectivity index (χ0) is 14.8. The van der Waals surface area contributed by atoms with Crippen LogP contribution in [0.1, 0.15) is 17.2 Å². The first-order valence-corrected chi connectivity index (χ1v) is 7.83. The van der Waals surface area contributed by atoms with Gasteiger partial charge >= 0.3 is 0 Å². The average Bonchev–Trinajstić information content (AvgIpc) is 2.50. The zero-order valence-corrected chi connectivity index (χ0v) is 13.8. The van der Waals surface area contributed by atoms with Gasteiger partial charge in [-0.25, -0.2) is 0 Å². The molecule has 3 aromatic rings. The number of nitrogens with one attached hydrogen (secondary N) is 1. The van der Waals surface area contributed by atoms with Crippen LogP contribution in [0.3, 0.4) is 0 Å². The summed E-state index contributed by atoms with van der Waals surface area (Å²) in [4.78, 5) is 4.36. The second kappa shape index (κ2) is 6.14. The molecule has 0 amide bonds. The third kappa shape index (κ3) is 2.95. The van der Waals surface area contributed by atoms with E-state index < -0.39 is 0 Å². The predicted octanol–water partition coefficient (Wildman–Crippen LogP) is 4.96. The van der Waals surface area contributed by atoms with Gasteiger partial charge in [-0.15, -0.1) is 0 Å². The van der Waals surface area contributed by atoms with Crippen LogP contribution in [0.15, 0.2) is 59.2 Å². The summed E-state index contributed by atoms with van der Waals surface area (Å²) in [5.74, 6) is 0. The molecule has 0 aliphatic rings. The van der Waals surface area contributed by atoms with Crippen molar-refractivity contribution in [1.82, 2.24) is 10.3 Å². The first-order chi connectivity index (χ1) is 10.2. The number of hydrogen-bond acceptors (Lipinski definition) is 2. The first kappa shape index (κ1) is 14.5. The molecular weight excluding hydrogens is 348 g/mol. The molecule has 2 nitrogen and oxygen atoms in total. The third-order valence-electron chi connectivity index (χ3n) is 3.52. The maximum Gasteiger partial charge on any atom is 0.0702 e. The van der Waals surface area contributed by atoms with Crippen LogP contribution in [0.2, 0.25) is 5.02 Å². The summed E-state index contributed by atoms with van der Waals surface area (Å²) in [6.07, 6.45) is 1.81. The Hall–Kier alpha value is -1.42. The van der Waals surface area contributed by atoms with E-state index >= 15 is 0 Å². The lowest BCUT2D eigenvalue weighted by atomic mass is 9.97. The summed E-state index contributed by atoms with van der Waals surface area (Å²) in [7, 11) is 1.94. The Morgan fingerprint density at radius 1 is 1.14 bits per heavy atom. The smallest absolute Gasteiger partial charge is 0.0702 e. The molecule has 21 heavy (non-hydrogen) atoms. The number of benzene rings is 2. The second-order valence-corrected chi connectivity index (χ2v) is 6.17. The highest BCUT2D eigenvalue weighted by Gasteiger charge is 2.15. The Balaban J connectivity index is 2.09. The molecule has 0 fully saturated rings. The van der Waals surface area contributed by atoms with Crippen molar-refractivity contribution in [1.29, 1.82) is 0 Å². The van der Waals surface area contributed by atoms with E-state index in [2.05, 4.69) is 44.4 Å². The number of fused-ring (bicyclic) bond motifs is 1. The Morgan fingerprint density at radius 3 is 2.76 bits per heavy atom. The van der Waals surface area contributed by atoms with E-state index in [1.54, 1.807) is 0 Å². The van der Waals surface area contributed by atoms with Crippen molar-refractivity contribution in [2.45, 2.75) is 6.04 Å². The Kier molecular flexibility index (Phi) is 4.24. The number of hydrogen-bond donors (Lipinski definition) is 1.